The number of carboxylic acid groups (broad SMARTS) is 1. The molecule has 3 heterocycles. The summed E-state index contributed by atoms with van der Waals surface area (Å²) in [5.41, 5.74) is 8.34. The summed E-state index contributed by atoms with van der Waals surface area (Å²) < 4.78 is 44.4. The Morgan fingerprint density at radius 3 is 2.19 bits per heavy atom. The summed E-state index contributed by atoms with van der Waals surface area (Å²) in [7, 11) is -4.51. The van der Waals surface area contributed by atoms with Gasteiger partial charge in [-0.25, -0.2) is 4.79 Å². The summed E-state index contributed by atoms with van der Waals surface area (Å²) in [6.07, 6.45) is 17.2. The highest BCUT2D eigenvalue weighted by molar-refractivity contribution is 7.85. The minimum atomic E-state index is -4.51. The number of anilines is 1. The van der Waals surface area contributed by atoms with Crippen molar-refractivity contribution < 1.29 is 41.8 Å². The lowest BCUT2D eigenvalue weighted by molar-refractivity contribution is -0.438. The lowest BCUT2D eigenvalue weighted by Crippen LogP contribution is -2.34. The number of aromatic carboxylic acids is 1. The molecule has 3 aromatic rings. The van der Waals surface area contributed by atoms with Gasteiger partial charge in [0.25, 0.3) is 10.1 Å². The first-order valence-corrected chi connectivity index (χ1v) is 25.2. The van der Waals surface area contributed by atoms with E-state index in [1.807, 2.05) is 0 Å². The van der Waals surface area contributed by atoms with Gasteiger partial charge in [-0.15, -0.1) is 0 Å². The van der Waals surface area contributed by atoms with Crippen LogP contribution >= 0.6 is 0 Å². The number of ether oxygens (including phenoxy) is 1. The lowest BCUT2D eigenvalue weighted by atomic mass is 9.77. The molecule has 0 aromatic heterocycles. The zero-order valence-electron chi connectivity index (χ0n) is 39.3. The first-order valence-electron chi connectivity index (χ1n) is 23.7. The Labute approximate surface area is 396 Å². The van der Waals surface area contributed by atoms with Crippen molar-refractivity contribution in [2.75, 3.05) is 31.1 Å². The zero-order chi connectivity index (χ0) is 47.9. The maximum Gasteiger partial charge on any atom is 0.335 e. The molecule has 0 spiro atoms. The summed E-state index contributed by atoms with van der Waals surface area (Å²) in [4.78, 5) is 39.3. The lowest BCUT2D eigenvalue weighted by Gasteiger charge is -2.31. The van der Waals surface area contributed by atoms with Crippen molar-refractivity contribution in [3.63, 3.8) is 0 Å². The molecule has 0 saturated heterocycles. The predicted molar refractivity (Wildman–Crippen MR) is 262 cm³/mol. The van der Waals surface area contributed by atoms with Crippen molar-refractivity contribution in [3.8, 4) is 5.75 Å². The topological polar surface area (TPSA) is 165 Å². The second kappa shape index (κ2) is 21.0. The van der Waals surface area contributed by atoms with Crippen LogP contribution in [0.1, 0.15) is 131 Å². The first kappa shape index (κ1) is 49.1. The van der Waals surface area contributed by atoms with Crippen LogP contribution in [0.3, 0.4) is 0 Å². The van der Waals surface area contributed by atoms with Crippen LogP contribution in [0.4, 0.5) is 11.4 Å². The number of amides is 2. The third-order valence-electron chi connectivity index (χ3n) is 13.7. The second-order valence-corrected chi connectivity index (χ2v) is 20.3. The summed E-state index contributed by atoms with van der Waals surface area (Å²) in [6, 6.07) is 17.8. The summed E-state index contributed by atoms with van der Waals surface area (Å²) in [5.74, 6) is 0.0561. The van der Waals surface area contributed by atoms with Crippen LogP contribution in [0.25, 0.3) is 0 Å². The van der Waals surface area contributed by atoms with E-state index < -0.39 is 21.5 Å². The number of rotatable bonds is 6. The Morgan fingerprint density at radius 1 is 0.821 bits per heavy atom. The van der Waals surface area contributed by atoms with Gasteiger partial charge in [-0.3, -0.25) is 14.1 Å². The van der Waals surface area contributed by atoms with Gasteiger partial charge in [-0.2, -0.15) is 13.0 Å². The van der Waals surface area contributed by atoms with E-state index in [4.69, 9.17) is 11.7 Å². The number of carbonyl (C=O) groups excluding carboxylic acids is 2. The molecule has 354 valence electrons. The van der Waals surface area contributed by atoms with E-state index in [2.05, 4.69) is 90.3 Å². The fourth-order valence-corrected chi connectivity index (χ4v) is 10.6. The van der Waals surface area contributed by atoms with E-state index in [0.717, 1.165) is 85.3 Å². The van der Waals surface area contributed by atoms with Crippen molar-refractivity contribution in [1.82, 2.24) is 10.6 Å². The number of carbonyl (C=O) groups is 3. The highest BCUT2D eigenvalue weighted by Crippen LogP contribution is 2.52. The van der Waals surface area contributed by atoms with Crippen molar-refractivity contribution in [1.29, 1.82) is 0 Å². The molecule has 4 N–H and O–H groups in total. The number of carboxylic acids is 1. The van der Waals surface area contributed by atoms with E-state index in [0.29, 0.717) is 69.7 Å². The Hall–Kier alpha value is -5.79. The molecule has 67 heavy (non-hydrogen) atoms. The third-order valence-corrected chi connectivity index (χ3v) is 14.6. The average Bonchev–Trinajstić information content (AvgIpc) is 3.64. The SMILES string of the molecule is [CH]CCN1/C2=C\C=C3/CCCC(=C3Oc3ccc(C(=O)O)cc3)/C=C/C3=[N+](CCCCCC(=O)NCCNC(=O)CCCCCC2(C)c2cc(S(=O)(=O)O)ccc21)c1ccc(C)cc1C3(C)C. The highest BCUT2D eigenvalue weighted by Gasteiger charge is 2.45. The molecule has 0 saturated carbocycles. The number of nitrogens with one attached hydrogen (secondary N) is 2. The van der Waals surface area contributed by atoms with Crippen LogP contribution in [0.15, 0.2) is 112 Å². The molecule has 1 aliphatic carbocycles. The number of aryl methyl sites for hydroxylation is 1. The Morgan fingerprint density at radius 2 is 1.52 bits per heavy atom. The molecule has 1 atom stereocenters. The van der Waals surface area contributed by atoms with E-state index >= 15 is 0 Å². The molecular formula is C54H65N4O8S+. The van der Waals surface area contributed by atoms with Gasteiger partial charge in [0.2, 0.25) is 17.5 Å². The smallest absolute Gasteiger partial charge is 0.335 e. The van der Waals surface area contributed by atoms with Crippen molar-refractivity contribution in [2.45, 2.75) is 127 Å². The van der Waals surface area contributed by atoms with Crippen molar-refractivity contribution >= 4 is 45.0 Å². The Kier molecular flexibility index (Phi) is 15.4. The fourth-order valence-electron chi connectivity index (χ4n) is 10.1. The molecule has 13 heteroatoms. The van der Waals surface area contributed by atoms with Gasteiger partial charge >= 0.3 is 5.97 Å². The predicted octanol–water partition coefficient (Wildman–Crippen LogP) is 9.84. The van der Waals surface area contributed by atoms with Crippen LogP contribution < -0.4 is 20.3 Å². The van der Waals surface area contributed by atoms with E-state index in [9.17, 15) is 32.5 Å². The van der Waals surface area contributed by atoms with Gasteiger partial charge in [0, 0.05) is 73.4 Å². The van der Waals surface area contributed by atoms with Gasteiger partial charge in [0.15, 0.2) is 5.71 Å². The summed E-state index contributed by atoms with van der Waals surface area (Å²) >= 11 is 0. The maximum atomic E-state index is 12.8. The first-order chi connectivity index (χ1) is 32.0. The number of allylic oxidation sites excluding steroid dienone is 7. The number of nitrogens with zero attached hydrogens (tertiary/aromatic N) is 2. The molecule has 2 radical (unpaired) electrons. The van der Waals surface area contributed by atoms with Crippen LogP contribution in [0.2, 0.25) is 0 Å². The van der Waals surface area contributed by atoms with Gasteiger partial charge < -0.3 is 25.4 Å². The Balaban J connectivity index is 1.36. The Bertz CT molecular complexity index is 2660. The van der Waals surface area contributed by atoms with E-state index in [1.54, 1.807) is 24.3 Å². The third kappa shape index (κ3) is 11.2. The summed E-state index contributed by atoms with van der Waals surface area (Å²) in [5, 5.41) is 15.5. The maximum absolute atomic E-state index is 12.8. The molecule has 2 amide bonds. The standard InChI is InChI=1S/C54H64N4O8S/c1-6-33-57-46-27-25-42(67(63,64)65)36-44(46)54(5)30-11-7-9-16-49(59)55-31-32-56-50(60)17-10-8-12-34-58-45-26-18-37(2)35-43(45)53(3,4)47(58)28-21-38-14-13-15-39(22-29-48(54)57)51(38)66-41-23-19-40(20-24-41)52(61)62/h1,18-29,35-36H,6-17,30-34H2,2-5H3,(H3-,55,56,59,60,61,62,63,64,65)/p+1. The highest BCUT2D eigenvalue weighted by atomic mass is 32.2. The van der Waals surface area contributed by atoms with Crippen molar-refractivity contribution in [2.24, 2.45) is 0 Å². The van der Waals surface area contributed by atoms with Crippen LogP contribution in [0, 0.1) is 13.8 Å². The molecule has 0 fully saturated rings. The number of hydrogen-bond acceptors (Lipinski definition) is 7. The monoisotopic (exact) mass is 929 g/mol. The second-order valence-electron chi connectivity index (χ2n) is 18.9. The minimum absolute atomic E-state index is 0.0286. The van der Waals surface area contributed by atoms with Crippen molar-refractivity contribution in [3.05, 3.63) is 137 Å². The van der Waals surface area contributed by atoms with Crippen LogP contribution in [-0.2, 0) is 30.5 Å². The average molecular weight is 930 g/mol. The molecule has 7 rings (SSSR count). The normalized spacial score (nSPS) is 23.2. The number of benzene rings is 3. The van der Waals surface area contributed by atoms with Gasteiger partial charge in [-0.05, 0) is 163 Å². The van der Waals surface area contributed by atoms with Crippen LogP contribution in [-0.4, -0.2) is 72.3 Å². The zero-order valence-corrected chi connectivity index (χ0v) is 40.1. The number of fused-ring (bicyclic) bond motifs is 6. The molecule has 1 unspecified atom stereocenters. The molecule has 4 aliphatic rings. The molecule has 3 aromatic carbocycles. The number of hydrogen-bond donors (Lipinski definition) is 4. The molecule has 2 bridgehead atoms. The van der Waals surface area contributed by atoms with Gasteiger partial charge in [0.05, 0.1) is 15.9 Å². The fraction of sp³-hybridized carbons (Fsp3) is 0.426. The molecular weight excluding hydrogens is 865 g/mol. The largest absolute Gasteiger partial charge is 0.478 e. The minimum Gasteiger partial charge on any atom is -0.478 e. The molecule has 3 aliphatic heterocycles. The van der Waals surface area contributed by atoms with E-state index in [-0.39, 0.29) is 27.7 Å². The van der Waals surface area contributed by atoms with Crippen LogP contribution in [0.5, 0.6) is 5.75 Å². The van der Waals surface area contributed by atoms with E-state index in [1.165, 1.54) is 35.0 Å². The quantitative estimate of drug-likeness (QED) is 0.139. The van der Waals surface area contributed by atoms with Gasteiger partial charge in [-0.1, -0.05) is 30.5 Å². The van der Waals surface area contributed by atoms with Gasteiger partial charge in [0.1, 0.15) is 18.1 Å². The molecule has 12 nitrogen and oxygen atoms in total. The summed E-state index contributed by atoms with van der Waals surface area (Å²) in [6.45, 7) is 16.9.